The first-order valence-electron chi connectivity index (χ1n) is 13.0. The maximum atomic E-state index is 6.41. The van der Waals surface area contributed by atoms with E-state index < -0.39 is 0 Å². The van der Waals surface area contributed by atoms with Crippen LogP contribution in [-0.2, 0) is 15.9 Å². The molecule has 33 heavy (non-hydrogen) atoms. The molecule has 0 aliphatic rings. The van der Waals surface area contributed by atoms with Gasteiger partial charge in [-0.2, -0.15) is 0 Å². The summed E-state index contributed by atoms with van der Waals surface area (Å²) >= 11 is 0. The fourth-order valence-electron chi connectivity index (χ4n) is 4.06. The van der Waals surface area contributed by atoms with E-state index in [9.17, 15) is 0 Å². The van der Waals surface area contributed by atoms with Crippen molar-refractivity contribution in [3.8, 4) is 0 Å². The normalized spacial score (nSPS) is 14.0. The van der Waals surface area contributed by atoms with Gasteiger partial charge in [0.1, 0.15) is 18.5 Å². The van der Waals surface area contributed by atoms with Gasteiger partial charge in [-0.25, -0.2) is 15.0 Å². The first-order chi connectivity index (χ1) is 16.2. The van der Waals surface area contributed by atoms with E-state index in [-0.39, 0.29) is 18.2 Å². The fraction of sp³-hybridized carbons (Fsp3) is 0.741. The number of nitrogens with two attached hydrogens (primary N) is 1. The summed E-state index contributed by atoms with van der Waals surface area (Å²) in [6.07, 6.45) is 23.7. The van der Waals surface area contributed by atoms with Gasteiger partial charge in [0.15, 0.2) is 0 Å². The molecule has 0 saturated carbocycles. The van der Waals surface area contributed by atoms with Crippen molar-refractivity contribution >= 4 is 0 Å². The van der Waals surface area contributed by atoms with E-state index in [0.717, 1.165) is 31.5 Å². The van der Waals surface area contributed by atoms with Crippen LogP contribution < -0.4 is 5.73 Å². The number of nitrogens with zero attached hydrogens (tertiary/aromatic N) is 3. The molecule has 0 bridgehead atoms. The number of rotatable bonds is 23. The topological polar surface area (TPSA) is 83.2 Å². The quantitative estimate of drug-likeness (QED) is 0.160. The Labute approximate surface area is 202 Å². The molecule has 1 aromatic heterocycles. The lowest BCUT2D eigenvalue weighted by Gasteiger charge is -2.24. The number of hydrogen-bond acceptors (Lipinski definition) is 6. The van der Waals surface area contributed by atoms with Gasteiger partial charge in [-0.3, -0.25) is 0 Å². The Hall–Kier alpha value is -1.63. The van der Waals surface area contributed by atoms with Crippen LogP contribution >= 0.6 is 0 Å². The molecule has 1 rings (SSSR count). The van der Waals surface area contributed by atoms with Gasteiger partial charge < -0.3 is 15.2 Å². The van der Waals surface area contributed by atoms with Crippen LogP contribution in [0.3, 0.4) is 0 Å². The summed E-state index contributed by atoms with van der Waals surface area (Å²) in [7, 11) is 0. The Bertz CT molecular complexity index is 585. The van der Waals surface area contributed by atoms with Crippen molar-refractivity contribution in [3.05, 3.63) is 43.8 Å². The first kappa shape index (κ1) is 29.4. The Balaban J connectivity index is 1.97. The maximum absolute atomic E-state index is 6.41. The largest absolute Gasteiger partial charge is 0.374 e. The molecule has 0 spiro atoms. The zero-order valence-electron chi connectivity index (χ0n) is 21.0. The number of hydrogen-bond donors (Lipinski definition) is 1. The molecule has 0 radical (unpaired) electrons. The standard InChI is InChI=1S/C27H48N4O2/c1-4-18-32-24(3)20-26(33-19-5-2)21-25(28)16-14-12-10-8-6-7-9-11-13-15-17-27-30-22-29-23-31-27/h4-5,22-26H,1-2,6-21,28H2,3H3. The molecule has 3 unspecified atom stereocenters. The number of unbranched alkanes of at least 4 members (excludes halogenated alkanes) is 9. The molecule has 6 nitrogen and oxygen atoms in total. The predicted octanol–water partition coefficient (Wildman–Crippen LogP) is 5.98. The second-order valence-electron chi connectivity index (χ2n) is 9.04. The van der Waals surface area contributed by atoms with Crippen LogP contribution in [0.5, 0.6) is 0 Å². The third-order valence-corrected chi connectivity index (χ3v) is 5.88. The maximum Gasteiger partial charge on any atom is 0.131 e. The molecule has 6 heteroatoms. The highest BCUT2D eigenvalue weighted by molar-refractivity contribution is 4.81. The monoisotopic (exact) mass is 460 g/mol. The van der Waals surface area contributed by atoms with Crippen LogP contribution in [0.25, 0.3) is 0 Å². The van der Waals surface area contributed by atoms with E-state index in [2.05, 4.69) is 35.0 Å². The second-order valence-corrected chi connectivity index (χ2v) is 9.04. The summed E-state index contributed by atoms with van der Waals surface area (Å²) in [5.41, 5.74) is 6.41. The smallest absolute Gasteiger partial charge is 0.131 e. The summed E-state index contributed by atoms with van der Waals surface area (Å²) in [6.45, 7) is 10.7. The van der Waals surface area contributed by atoms with Crippen LogP contribution in [0, 0.1) is 0 Å². The molecular formula is C27H48N4O2. The Kier molecular flexibility index (Phi) is 18.7. The predicted molar refractivity (Wildman–Crippen MR) is 137 cm³/mol. The van der Waals surface area contributed by atoms with Crippen LogP contribution in [0.1, 0.15) is 96.2 Å². The van der Waals surface area contributed by atoms with E-state index in [1.807, 2.05) is 0 Å². The van der Waals surface area contributed by atoms with Crippen LogP contribution in [0.15, 0.2) is 38.0 Å². The third-order valence-electron chi connectivity index (χ3n) is 5.88. The van der Waals surface area contributed by atoms with Crippen LogP contribution in [-0.4, -0.2) is 46.4 Å². The zero-order valence-corrected chi connectivity index (χ0v) is 21.0. The van der Waals surface area contributed by atoms with Gasteiger partial charge >= 0.3 is 0 Å². The van der Waals surface area contributed by atoms with Crippen molar-refractivity contribution in [2.45, 2.75) is 115 Å². The number of ether oxygens (including phenoxy) is 2. The lowest BCUT2D eigenvalue weighted by Crippen LogP contribution is -2.30. The van der Waals surface area contributed by atoms with Crippen LogP contribution in [0.2, 0.25) is 0 Å². The molecule has 3 atom stereocenters. The third kappa shape index (κ3) is 17.5. The Morgan fingerprint density at radius 3 is 1.97 bits per heavy atom. The van der Waals surface area contributed by atoms with Gasteiger partial charge in [-0.05, 0) is 32.6 Å². The van der Waals surface area contributed by atoms with Crippen molar-refractivity contribution in [1.29, 1.82) is 0 Å². The van der Waals surface area contributed by atoms with Crippen LogP contribution in [0.4, 0.5) is 0 Å². The fourth-order valence-corrected chi connectivity index (χ4v) is 4.06. The SMILES string of the molecule is C=CCOC(C)CC(CC(N)CCCCCCCCCCCCc1ncncn1)OCC=C. The summed E-state index contributed by atoms with van der Waals surface area (Å²) in [4.78, 5) is 12.2. The first-order valence-corrected chi connectivity index (χ1v) is 13.0. The summed E-state index contributed by atoms with van der Waals surface area (Å²) in [5.74, 6) is 0.914. The molecule has 188 valence electrons. The minimum Gasteiger partial charge on any atom is -0.374 e. The Morgan fingerprint density at radius 1 is 0.818 bits per heavy atom. The van der Waals surface area contributed by atoms with Crippen molar-refractivity contribution < 1.29 is 9.47 Å². The summed E-state index contributed by atoms with van der Waals surface area (Å²) in [6, 6.07) is 0.184. The second kappa shape index (κ2) is 20.9. The van der Waals surface area contributed by atoms with E-state index in [1.165, 1.54) is 64.2 Å². The molecule has 0 saturated heterocycles. The molecule has 0 aromatic carbocycles. The van der Waals surface area contributed by atoms with Gasteiger partial charge in [0, 0.05) is 12.5 Å². The van der Waals surface area contributed by atoms with E-state index in [1.54, 1.807) is 24.8 Å². The van der Waals surface area contributed by atoms with Gasteiger partial charge in [0.2, 0.25) is 0 Å². The molecule has 0 aliphatic heterocycles. The number of aromatic nitrogens is 3. The van der Waals surface area contributed by atoms with Crippen molar-refractivity contribution in [2.24, 2.45) is 5.73 Å². The highest BCUT2D eigenvalue weighted by Gasteiger charge is 2.17. The van der Waals surface area contributed by atoms with Crippen molar-refractivity contribution in [2.75, 3.05) is 13.2 Å². The molecule has 0 amide bonds. The molecule has 0 fully saturated rings. The van der Waals surface area contributed by atoms with E-state index in [4.69, 9.17) is 15.2 Å². The average molecular weight is 461 g/mol. The van der Waals surface area contributed by atoms with E-state index in [0.29, 0.717) is 13.2 Å². The van der Waals surface area contributed by atoms with Gasteiger partial charge in [0.05, 0.1) is 25.4 Å². The molecule has 1 aromatic rings. The number of aryl methyl sites for hydroxylation is 1. The highest BCUT2D eigenvalue weighted by Crippen LogP contribution is 2.16. The zero-order chi connectivity index (χ0) is 24.0. The van der Waals surface area contributed by atoms with Gasteiger partial charge in [0.25, 0.3) is 0 Å². The molecule has 0 aliphatic carbocycles. The van der Waals surface area contributed by atoms with Gasteiger partial charge in [-0.1, -0.05) is 69.9 Å². The minimum absolute atomic E-state index is 0.120. The highest BCUT2D eigenvalue weighted by atomic mass is 16.5. The molecular weight excluding hydrogens is 412 g/mol. The Morgan fingerprint density at radius 2 is 1.36 bits per heavy atom. The summed E-state index contributed by atoms with van der Waals surface area (Å²) < 4.78 is 11.6. The van der Waals surface area contributed by atoms with Crippen molar-refractivity contribution in [3.63, 3.8) is 0 Å². The average Bonchev–Trinajstić information content (AvgIpc) is 2.82. The van der Waals surface area contributed by atoms with Gasteiger partial charge in [-0.15, -0.1) is 13.2 Å². The van der Waals surface area contributed by atoms with Crippen molar-refractivity contribution in [1.82, 2.24) is 15.0 Å². The molecule has 2 N–H and O–H groups in total. The minimum atomic E-state index is 0.120. The lowest BCUT2D eigenvalue weighted by atomic mass is 9.99. The molecule has 1 heterocycles. The lowest BCUT2D eigenvalue weighted by molar-refractivity contribution is 0.000174. The van der Waals surface area contributed by atoms with E-state index >= 15 is 0 Å². The summed E-state index contributed by atoms with van der Waals surface area (Å²) in [5, 5.41) is 0.